The lowest BCUT2D eigenvalue weighted by Crippen LogP contribution is -2.34. The van der Waals surface area contributed by atoms with Crippen molar-refractivity contribution in [3.63, 3.8) is 0 Å². The first kappa shape index (κ1) is 18.0. The molecule has 1 heterocycles. The quantitative estimate of drug-likeness (QED) is 0.293. The number of ether oxygens (including phenoxy) is 2. The molecule has 0 bridgehead atoms. The number of hydrazine groups is 2. The fraction of sp³-hybridized carbons (Fsp3) is 0.278. The van der Waals surface area contributed by atoms with Gasteiger partial charge in [0.25, 0.3) is 5.91 Å². The van der Waals surface area contributed by atoms with Crippen LogP contribution in [0, 0.1) is 0 Å². The third-order valence-electron chi connectivity index (χ3n) is 4.39. The number of amides is 1. The highest BCUT2D eigenvalue weighted by atomic mass is 16.5. The topological polar surface area (TPSA) is 118 Å². The summed E-state index contributed by atoms with van der Waals surface area (Å²) in [5, 5.41) is 10.4. The van der Waals surface area contributed by atoms with Gasteiger partial charge in [-0.15, -0.1) is 0 Å². The number of phenols is 1. The number of benzene rings is 2. The average Bonchev–Trinajstić information content (AvgIpc) is 3.15. The van der Waals surface area contributed by atoms with Crippen molar-refractivity contribution in [2.45, 2.75) is 12.0 Å². The molecule has 2 unspecified atom stereocenters. The lowest BCUT2D eigenvalue weighted by molar-refractivity contribution is -0.123. The molecule has 26 heavy (non-hydrogen) atoms. The summed E-state index contributed by atoms with van der Waals surface area (Å²) in [4.78, 5) is 11.1. The van der Waals surface area contributed by atoms with E-state index in [2.05, 4.69) is 10.9 Å². The Morgan fingerprint density at radius 3 is 2.65 bits per heavy atom. The number of aromatic hydroxyl groups is 1. The maximum absolute atomic E-state index is 11.1. The Bertz CT molecular complexity index is 766. The van der Waals surface area contributed by atoms with Gasteiger partial charge >= 0.3 is 0 Å². The summed E-state index contributed by atoms with van der Waals surface area (Å²) in [6.45, 7) is 0.512. The minimum absolute atomic E-state index is 0.0929. The van der Waals surface area contributed by atoms with E-state index in [4.69, 9.17) is 15.3 Å². The van der Waals surface area contributed by atoms with Crippen LogP contribution in [0.25, 0.3) is 0 Å². The van der Waals surface area contributed by atoms with Crippen LogP contribution in [0.4, 0.5) is 0 Å². The number of carbonyl (C=O) groups excluding carboxylic acids is 1. The van der Waals surface area contributed by atoms with E-state index in [-0.39, 0.29) is 24.3 Å². The van der Waals surface area contributed by atoms with Crippen molar-refractivity contribution >= 4 is 5.91 Å². The standard InChI is InChI=1S/C18H22N4O4/c1-25-12-4-2-11(3-5-12)15-9-20-22-18(15)14-7-6-13(8-16(14)23)26-10-17(24)21-19/h2-8,15,18,20,22-23H,9-10,19H2,1H3,(H,21,24). The van der Waals surface area contributed by atoms with E-state index in [9.17, 15) is 9.90 Å². The summed E-state index contributed by atoms with van der Waals surface area (Å²) >= 11 is 0. The van der Waals surface area contributed by atoms with Crippen molar-refractivity contribution < 1.29 is 19.4 Å². The molecule has 2 aromatic carbocycles. The monoisotopic (exact) mass is 358 g/mol. The van der Waals surface area contributed by atoms with E-state index in [1.54, 1.807) is 19.2 Å². The van der Waals surface area contributed by atoms with Crippen molar-refractivity contribution in [2.75, 3.05) is 20.3 Å². The molecule has 1 fully saturated rings. The Hall–Kier alpha value is -2.81. The highest BCUT2D eigenvalue weighted by Crippen LogP contribution is 2.38. The molecule has 138 valence electrons. The van der Waals surface area contributed by atoms with Crippen LogP contribution in [0.15, 0.2) is 42.5 Å². The number of hydrogen-bond acceptors (Lipinski definition) is 7. The van der Waals surface area contributed by atoms with Gasteiger partial charge in [-0.1, -0.05) is 18.2 Å². The first-order valence-corrected chi connectivity index (χ1v) is 8.20. The molecule has 1 aliphatic heterocycles. The average molecular weight is 358 g/mol. The maximum atomic E-state index is 11.1. The van der Waals surface area contributed by atoms with Crippen LogP contribution in [0.2, 0.25) is 0 Å². The second-order valence-electron chi connectivity index (χ2n) is 5.96. The Morgan fingerprint density at radius 2 is 2.00 bits per heavy atom. The molecule has 0 radical (unpaired) electrons. The van der Waals surface area contributed by atoms with Gasteiger partial charge in [-0.05, 0) is 23.8 Å². The molecule has 2 aromatic rings. The predicted molar refractivity (Wildman–Crippen MR) is 95.5 cm³/mol. The normalized spacial score (nSPS) is 19.2. The van der Waals surface area contributed by atoms with Crippen LogP contribution in [-0.4, -0.2) is 31.3 Å². The van der Waals surface area contributed by atoms with Crippen LogP contribution >= 0.6 is 0 Å². The summed E-state index contributed by atoms with van der Waals surface area (Å²) in [5.41, 5.74) is 10.2. The largest absolute Gasteiger partial charge is 0.507 e. The van der Waals surface area contributed by atoms with Crippen LogP contribution < -0.4 is 31.6 Å². The van der Waals surface area contributed by atoms with Gasteiger partial charge < -0.3 is 14.6 Å². The van der Waals surface area contributed by atoms with E-state index in [0.717, 1.165) is 23.4 Å². The van der Waals surface area contributed by atoms with Crippen molar-refractivity contribution in [3.05, 3.63) is 53.6 Å². The number of rotatable bonds is 6. The third-order valence-corrected chi connectivity index (χ3v) is 4.39. The molecule has 2 atom stereocenters. The van der Waals surface area contributed by atoms with Gasteiger partial charge in [0.15, 0.2) is 6.61 Å². The zero-order chi connectivity index (χ0) is 18.5. The second kappa shape index (κ2) is 8.05. The fourth-order valence-corrected chi connectivity index (χ4v) is 3.02. The third kappa shape index (κ3) is 3.88. The van der Waals surface area contributed by atoms with E-state index >= 15 is 0 Å². The SMILES string of the molecule is COc1ccc(C2CNNC2c2ccc(OCC(=O)NN)cc2O)cc1. The summed E-state index contributed by atoms with van der Waals surface area (Å²) in [7, 11) is 1.63. The summed E-state index contributed by atoms with van der Waals surface area (Å²) < 4.78 is 10.5. The number of hydrogen-bond donors (Lipinski definition) is 5. The summed E-state index contributed by atoms with van der Waals surface area (Å²) in [6, 6.07) is 12.8. The first-order valence-electron chi connectivity index (χ1n) is 8.20. The molecule has 0 saturated carbocycles. The molecule has 8 nitrogen and oxygen atoms in total. The van der Waals surface area contributed by atoms with Gasteiger partial charge in [0, 0.05) is 24.1 Å². The summed E-state index contributed by atoms with van der Waals surface area (Å²) in [6.07, 6.45) is 0. The molecule has 0 spiro atoms. The molecular weight excluding hydrogens is 336 g/mol. The molecule has 3 rings (SSSR count). The van der Waals surface area contributed by atoms with Crippen molar-refractivity contribution in [3.8, 4) is 17.2 Å². The zero-order valence-electron chi connectivity index (χ0n) is 14.4. The fourth-order valence-electron chi connectivity index (χ4n) is 3.02. The van der Waals surface area contributed by atoms with Gasteiger partial charge in [0.1, 0.15) is 17.2 Å². The minimum atomic E-state index is -0.449. The van der Waals surface area contributed by atoms with Crippen molar-refractivity contribution in [1.82, 2.24) is 16.3 Å². The minimum Gasteiger partial charge on any atom is -0.507 e. The van der Waals surface area contributed by atoms with E-state index in [1.807, 2.05) is 29.7 Å². The van der Waals surface area contributed by atoms with Gasteiger partial charge in [0.05, 0.1) is 13.2 Å². The van der Waals surface area contributed by atoms with E-state index < -0.39 is 5.91 Å². The molecule has 1 amide bonds. The highest BCUT2D eigenvalue weighted by Gasteiger charge is 2.31. The zero-order valence-corrected chi connectivity index (χ0v) is 14.4. The summed E-state index contributed by atoms with van der Waals surface area (Å²) in [5.74, 6) is 5.99. The highest BCUT2D eigenvalue weighted by molar-refractivity contribution is 5.76. The van der Waals surface area contributed by atoms with Crippen molar-refractivity contribution in [1.29, 1.82) is 0 Å². The molecule has 1 aliphatic rings. The molecule has 0 aromatic heterocycles. The van der Waals surface area contributed by atoms with Crippen LogP contribution in [0.3, 0.4) is 0 Å². The van der Waals surface area contributed by atoms with Gasteiger partial charge in [-0.2, -0.15) is 0 Å². The first-order chi connectivity index (χ1) is 12.6. The predicted octanol–water partition coefficient (Wildman–Crippen LogP) is 0.702. The van der Waals surface area contributed by atoms with Gasteiger partial charge in [-0.3, -0.25) is 15.6 Å². The lowest BCUT2D eigenvalue weighted by Gasteiger charge is -2.21. The lowest BCUT2D eigenvalue weighted by atomic mass is 9.88. The smallest absolute Gasteiger partial charge is 0.271 e. The van der Waals surface area contributed by atoms with Crippen LogP contribution in [0.1, 0.15) is 23.1 Å². The molecule has 6 N–H and O–H groups in total. The van der Waals surface area contributed by atoms with Gasteiger partial charge in [0.2, 0.25) is 0 Å². The number of methoxy groups -OCH3 is 1. The van der Waals surface area contributed by atoms with E-state index in [1.165, 1.54) is 6.07 Å². The molecule has 8 heteroatoms. The Kier molecular flexibility index (Phi) is 5.57. The Morgan fingerprint density at radius 1 is 1.27 bits per heavy atom. The number of phenolic OH excluding ortho intramolecular Hbond substituents is 1. The Labute approximate surface area is 151 Å². The van der Waals surface area contributed by atoms with E-state index in [0.29, 0.717) is 5.75 Å². The second-order valence-corrected chi connectivity index (χ2v) is 5.96. The van der Waals surface area contributed by atoms with Crippen LogP contribution in [-0.2, 0) is 4.79 Å². The Balaban J connectivity index is 1.77. The van der Waals surface area contributed by atoms with Gasteiger partial charge in [-0.25, -0.2) is 11.3 Å². The maximum Gasteiger partial charge on any atom is 0.271 e. The van der Waals surface area contributed by atoms with Crippen molar-refractivity contribution in [2.24, 2.45) is 5.84 Å². The molecule has 0 aliphatic carbocycles. The number of nitrogens with two attached hydrogens (primary N) is 1. The number of nitrogens with one attached hydrogen (secondary N) is 3. The van der Waals surface area contributed by atoms with Crippen LogP contribution in [0.5, 0.6) is 17.2 Å². The molecular formula is C18H22N4O4. The molecule has 1 saturated heterocycles. The number of carbonyl (C=O) groups is 1.